The maximum atomic E-state index is 13.1. The molecule has 0 aliphatic heterocycles. The minimum Gasteiger partial charge on any atom is -0.497 e. The molecule has 0 spiro atoms. The van der Waals surface area contributed by atoms with E-state index in [4.69, 9.17) is 4.74 Å². The van der Waals surface area contributed by atoms with Crippen LogP contribution in [0.1, 0.15) is 21.6 Å². The molecule has 8 nitrogen and oxygen atoms in total. The van der Waals surface area contributed by atoms with Gasteiger partial charge in [-0.15, -0.1) is 0 Å². The van der Waals surface area contributed by atoms with Crippen molar-refractivity contribution in [2.24, 2.45) is 0 Å². The monoisotopic (exact) mass is 534 g/mol. The van der Waals surface area contributed by atoms with Gasteiger partial charge in [0.25, 0.3) is 5.91 Å². The first-order valence-corrected chi connectivity index (χ1v) is 11.5. The van der Waals surface area contributed by atoms with E-state index in [1.807, 2.05) is 38.1 Å². The zero-order valence-corrected chi connectivity index (χ0v) is 20.9. The number of amides is 3. The van der Waals surface area contributed by atoms with Crippen LogP contribution in [0.3, 0.4) is 0 Å². The third-order valence-corrected chi connectivity index (χ3v) is 5.98. The number of halogens is 1. The summed E-state index contributed by atoms with van der Waals surface area (Å²) in [7, 11) is 1.56. The molecule has 35 heavy (non-hydrogen) atoms. The largest absolute Gasteiger partial charge is 0.497 e. The summed E-state index contributed by atoms with van der Waals surface area (Å²) >= 11 is 3.42. The summed E-state index contributed by atoms with van der Waals surface area (Å²) < 4.78 is 7.27. The molecule has 0 unspecified atom stereocenters. The summed E-state index contributed by atoms with van der Waals surface area (Å²) in [6, 6.07) is 19.4. The maximum absolute atomic E-state index is 13.1. The van der Waals surface area contributed by atoms with Crippen molar-refractivity contribution in [2.75, 3.05) is 23.2 Å². The number of para-hydroxylation sites is 1. The topological polar surface area (TPSA) is 101 Å². The highest BCUT2D eigenvalue weighted by Crippen LogP contribution is 2.25. The number of nitrogens with zero attached hydrogens (tertiary/aromatic N) is 1. The van der Waals surface area contributed by atoms with Crippen LogP contribution in [0.5, 0.6) is 5.75 Å². The fourth-order valence-electron chi connectivity index (χ4n) is 3.68. The zero-order valence-electron chi connectivity index (χ0n) is 19.3. The van der Waals surface area contributed by atoms with E-state index in [0.717, 1.165) is 15.6 Å². The fraction of sp³-hybridized carbons (Fsp3) is 0.115. The van der Waals surface area contributed by atoms with Gasteiger partial charge in [-0.25, -0.2) is 4.68 Å². The van der Waals surface area contributed by atoms with Crippen LogP contribution in [0.4, 0.5) is 11.4 Å². The Balaban J connectivity index is 1.62. The minimum absolute atomic E-state index is 0.155. The van der Waals surface area contributed by atoms with Crippen molar-refractivity contribution in [3.8, 4) is 5.75 Å². The molecule has 0 fully saturated rings. The van der Waals surface area contributed by atoms with Gasteiger partial charge in [-0.05, 0) is 73.5 Å². The highest BCUT2D eigenvalue weighted by molar-refractivity contribution is 9.10. The number of benzene rings is 3. The SMILES string of the molecule is COc1ccc(NC(=O)c2cc3cc(Br)ccc3n2NC(=O)C(=O)Nc2c(C)cccc2C)cc1. The summed E-state index contributed by atoms with van der Waals surface area (Å²) in [5.74, 6) is -1.56. The third-order valence-electron chi connectivity index (χ3n) is 5.48. The van der Waals surface area contributed by atoms with Gasteiger partial charge in [-0.3, -0.25) is 19.8 Å². The first kappa shape index (κ1) is 24.0. The number of nitrogens with one attached hydrogen (secondary N) is 3. The predicted molar refractivity (Wildman–Crippen MR) is 139 cm³/mol. The van der Waals surface area contributed by atoms with Crippen molar-refractivity contribution in [3.63, 3.8) is 0 Å². The second-order valence-corrected chi connectivity index (χ2v) is 8.83. The molecule has 0 radical (unpaired) electrons. The van der Waals surface area contributed by atoms with Gasteiger partial charge >= 0.3 is 11.8 Å². The molecule has 9 heteroatoms. The molecule has 0 atom stereocenters. The lowest BCUT2D eigenvalue weighted by Crippen LogP contribution is -2.36. The Morgan fingerprint density at radius 2 is 1.54 bits per heavy atom. The molecule has 4 aromatic rings. The highest BCUT2D eigenvalue weighted by atomic mass is 79.9. The van der Waals surface area contributed by atoms with E-state index in [0.29, 0.717) is 28.0 Å². The van der Waals surface area contributed by atoms with Crippen molar-refractivity contribution in [1.82, 2.24) is 4.68 Å². The second-order valence-electron chi connectivity index (χ2n) is 7.91. The van der Waals surface area contributed by atoms with Crippen LogP contribution >= 0.6 is 15.9 Å². The Hall–Kier alpha value is -4.11. The molecule has 1 heterocycles. The predicted octanol–water partition coefficient (Wildman–Crippen LogP) is 4.99. The van der Waals surface area contributed by atoms with E-state index in [1.165, 1.54) is 4.68 Å². The van der Waals surface area contributed by atoms with Gasteiger partial charge in [0.2, 0.25) is 0 Å². The van der Waals surface area contributed by atoms with Crippen LogP contribution in [0.2, 0.25) is 0 Å². The van der Waals surface area contributed by atoms with Crippen LogP contribution in [0.15, 0.2) is 71.2 Å². The minimum atomic E-state index is -0.911. The molecule has 3 aromatic carbocycles. The fourth-order valence-corrected chi connectivity index (χ4v) is 4.06. The summed E-state index contributed by atoms with van der Waals surface area (Å²) in [5.41, 5.74) is 6.07. The van der Waals surface area contributed by atoms with Crippen molar-refractivity contribution in [1.29, 1.82) is 0 Å². The standard InChI is InChI=1S/C26H23BrN4O4/c1-15-5-4-6-16(2)23(15)29-25(33)26(34)30-31-21-12-7-18(27)13-17(21)14-22(31)24(32)28-19-8-10-20(35-3)11-9-19/h4-14H,1-3H3,(H,28,32)(H,29,33)(H,30,34). The first-order valence-electron chi connectivity index (χ1n) is 10.7. The number of methoxy groups -OCH3 is 1. The number of hydrogen-bond acceptors (Lipinski definition) is 4. The molecule has 178 valence electrons. The van der Waals surface area contributed by atoms with E-state index >= 15 is 0 Å². The normalized spacial score (nSPS) is 10.6. The maximum Gasteiger partial charge on any atom is 0.328 e. The molecule has 0 aliphatic carbocycles. The van der Waals surface area contributed by atoms with E-state index in [2.05, 4.69) is 32.0 Å². The molecular weight excluding hydrogens is 512 g/mol. The molecule has 0 aliphatic rings. The number of carbonyl (C=O) groups excluding carboxylic acids is 3. The summed E-state index contributed by atoms with van der Waals surface area (Å²) in [4.78, 5) is 38.7. The third kappa shape index (κ3) is 5.20. The van der Waals surface area contributed by atoms with Gasteiger partial charge in [0.15, 0.2) is 0 Å². The van der Waals surface area contributed by atoms with Gasteiger partial charge < -0.3 is 15.4 Å². The number of carbonyl (C=O) groups is 3. The molecular formula is C26H23BrN4O4. The molecule has 3 amide bonds. The number of hydrogen-bond donors (Lipinski definition) is 3. The molecule has 4 rings (SSSR count). The van der Waals surface area contributed by atoms with Crippen molar-refractivity contribution in [2.45, 2.75) is 13.8 Å². The van der Waals surface area contributed by atoms with Crippen LogP contribution in [-0.2, 0) is 9.59 Å². The van der Waals surface area contributed by atoms with E-state index < -0.39 is 17.7 Å². The lowest BCUT2D eigenvalue weighted by molar-refractivity contribution is -0.133. The quantitative estimate of drug-likeness (QED) is 0.314. The van der Waals surface area contributed by atoms with Gasteiger partial charge in [0, 0.05) is 21.2 Å². The number of rotatable bonds is 5. The van der Waals surface area contributed by atoms with Gasteiger partial charge in [0.1, 0.15) is 11.4 Å². The Labute approximate surface area is 210 Å². The number of aryl methyl sites for hydroxylation is 2. The molecule has 0 saturated heterocycles. The van der Waals surface area contributed by atoms with Gasteiger partial charge in [-0.1, -0.05) is 34.1 Å². The average Bonchev–Trinajstić information content (AvgIpc) is 3.19. The number of ether oxygens (including phenoxy) is 1. The lowest BCUT2D eigenvalue weighted by Gasteiger charge is -2.14. The second kappa shape index (κ2) is 10.0. The Morgan fingerprint density at radius 1 is 0.857 bits per heavy atom. The van der Waals surface area contributed by atoms with Crippen LogP contribution in [0, 0.1) is 13.8 Å². The zero-order chi connectivity index (χ0) is 25.1. The summed E-state index contributed by atoms with van der Waals surface area (Å²) in [6.45, 7) is 3.69. The molecule has 3 N–H and O–H groups in total. The highest BCUT2D eigenvalue weighted by Gasteiger charge is 2.22. The molecule has 0 bridgehead atoms. The number of anilines is 2. The van der Waals surface area contributed by atoms with Gasteiger partial charge in [-0.2, -0.15) is 0 Å². The van der Waals surface area contributed by atoms with E-state index in [9.17, 15) is 14.4 Å². The first-order chi connectivity index (χ1) is 16.8. The van der Waals surface area contributed by atoms with Crippen molar-refractivity contribution >= 4 is 55.9 Å². The lowest BCUT2D eigenvalue weighted by atomic mass is 10.1. The van der Waals surface area contributed by atoms with Crippen LogP contribution in [-0.4, -0.2) is 29.5 Å². The van der Waals surface area contributed by atoms with Crippen LogP contribution in [0.25, 0.3) is 10.9 Å². The Morgan fingerprint density at radius 3 is 2.20 bits per heavy atom. The number of aromatic nitrogens is 1. The number of fused-ring (bicyclic) bond motifs is 1. The summed E-state index contributed by atoms with van der Waals surface area (Å²) in [6.07, 6.45) is 0. The van der Waals surface area contributed by atoms with Crippen molar-refractivity contribution < 1.29 is 19.1 Å². The Bertz CT molecular complexity index is 1420. The van der Waals surface area contributed by atoms with E-state index in [-0.39, 0.29) is 5.69 Å². The molecule has 0 saturated carbocycles. The van der Waals surface area contributed by atoms with Crippen molar-refractivity contribution in [3.05, 3.63) is 88.0 Å². The van der Waals surface area contributed by atoms with E-state index in [1.54, 1.807) is 49.6 Å². The summed E-state index contributed by atoms with van der Waals surface area (Å²) in [5, 5.41) is 6.17. The average molecular weight is 535 g/mol. The van der Waals surface area contributed by atoms with Crippen LogP contribution < -0.4 is 20.8 Å². The smallest absolute Gasteiger partial charge is 0.328 e. The van der Waals surface area contributed by atoms with Gasteiger partial charge in [0.05, 0.1) is 12.6 Å². The molecule has 1 aromatic heterocycles. The Kier molecular flexibility index (Phi) is 6.88.